The van der Waals surface area contributed by atoms with E-state index in [0.717, 1.165) is 21.5 Å². The van der Waals surface area contributed by atoms with Gasteiger partial charge < -0.3 is 16.0 Å². The van der Waals surface area contributed by atoms with Gasteiger partial charge in [0.25, 0.3) is 5.91 Å². The number of hydrogen-bond donors (Lipinski definition) is 2. The van der Waals surface area contributed by atoms with Crippen LogP contribution in [0.15, 0.2) is 42.5 Å². The molecule has 26 heavy (non-hydrogen) atoms. The zero-order valence-corrected chi connectivity index (χ0v) is 15.0. The molecule has 1 fully saturated rings. The van der Waals surface area contributed by atoms with Crippen molar-refractivity contribution >= 4 is 44.2 Å². The first-order chi connectivity index (χ1) is 12.5. The van der Waals surface area contributed by atoms with Crippen LogP contribution in [0, 0.1) is 6.92 Å². The van der Waals surface area contributed by atoms with Crippen LogP contribution in [0.4, 0.5) is 10.8 Å². The van der Waals surface area contributed by atoms with E-state index in [-0.39, 0.29) is 17.9 Å². The molecule has 1 aromatic heterocycles. The molecule has 2 amide bonds. The lowest BCUT2D eigenvalue weighted by molar-refractivity contribution is -0.117. The third-order valence-corrected chi connectivity index (χ3v) is 5.32. The number of rotatable bonds is 3. The number of nitrogens with zero attached hydrogens (tertiary/aromatic N) is 2. The van der Waals surface area contributed by atoms with Gasteiger partial charge in [0.2, 0.25) is 5.91 Å². The lowest BCUT2D eigenvalue weighted by atomic mass is 10.1. The van der Waals surface area contributed by atoms with Gasteiger partial charge in [0.1, 0.15) is 0 Å². The molecular weight excluding hydrogens is 348 g/mol. The number of nitrogen functional groups attached to an aromatic ring is 1. The molecule has 132 valence electrons. The normalized spacial score (nSPS) is 17.0. The Balaban J connectivity index is 1.51. The number of aromatic nitrogens is 1. The fourth-order valence-corrected chi connectivity index (χ4v) is 4.13. The Morgan fingerprint density at radius 2 is 2.08 bits per heavy atom. The number of anilines is 2. The van der Waals surface area contributed by atoms with Crippen molar-refractivity contribution in [3.63, 3.8) is 0 Å². The molecule has 4 rings (SSSR count). The van der Waals surface area contributed by atoms with Crippen LogP contribution in [0.3, 0.4) is 0 Å². The summed E-state index contributed by atoms with van der Waals surface area (Å²) >= 11 is 1.36. The highest BCUT2D eigenvalue weighted by molar-refractivity contribution is 7.22. The zero-order valence-electron chi connectivity index (χ0n) is 14.2. The number of carbonyl (C=O) groups excluding carboxylic acids is 2. The van der Waals surface area contributed by atoms with Crippen molar-refractivity contribution in [2.75, 3.05) is 17.2 Å². The van der Waals surface area contributed by atoms with Crippen molar-refractivity contribution < 1.29 is 9.59 Å². The van der Waals surface area contributed by atoms with Crippen molar-refractivity contribution in [2.45, 2.75) is 19.4 Å². The van der Waals surface area contributed by atoms with Gasteiger partial charge in [-0.3, -0.25) is 9.59 Å². The average Bonchev–Trinajstić information content (AvgIpc) is 3.17. The second kappa shape index (κ2) is 6.42. The van der Waals surface area contributed by atoms with Gasteiger partial charge in [-0.05, 0) is 36.8 Å². The van der Waals surface area contributed by atoms with Crippen molar-refractivity contribution in [1.82, 2.24) is 10.3 Å². The highest BCUT2D eigenvalue weighted by Gasteiger charge is 2.31. The molecule has 6 nitrogen and oxygen atoms in total. The lowest BCUT2D eigenvalue weighted by Crippen LogP contribution is -2.37. The number of aryl methyl sites for hydroxylation is 1. The Morgan fingerprint density at radius 3 is 2.85 bits per heavy atom. The highest BCUT2D eigenvalue weighted by atomic mass is 32.1. The Bertz CT molecular complexity index is 999. The van der Waals surface area contributed by atoms with E-state index < -0.39 is 0 Å². The largest absolute Gasteiger partial charge is 0.375 e. The Labute approximate surface area is 154 Å². The van der Waals surface area contributed by atoms with Crippen LogP contribution < -0.4 is 16.0 Å². The molecule has 7 heteroatoms. The van der Waals surface area contributed by atoms with Gasteiger partial charge in [-0.2, -0.15) is 0 Å². The number of carbonyl (C=O) groups is 2. The Hall–Kier alpha value is -2.93. The molecule has 3 aromatic rings. The van der Waals surface area contributed by atoms with E-state index >= 15 is 0 Å². The molecular formula is C19H18N4O2S. The number of nitrogens with one attached hydrogen (secondary N) is 1. The summed E-state index contributed by atoms with van der Waals surface area (Å²) in [6.07, 6.45) is 0.301. The summed E-state index contributed by atoms with van der Waals surface area (Å²) in [6.45, 7) is 2.39. The maximum Gasteiger partial charge on any atom is 0.251 e. The Kier molecular flexibility index (Phi) is 4.08. The van der Waals surface area contributed by atoms with E-state index in [1.165, 1.54) is 11.3 Å². The maximum absolute atomic E-state index is 12.7. The standard InChI is InChI=1S/C19H18N4O2S/c1-11-7-12(8-15-17(11)22-19(20)26-15)18(25)21-13-9-16(24)23(10-13)14-5-3-2-4-6-14/h2-8,13H,9-10H2,1H3,(H2,20,22)(H,21,25)/t13-/m1/s1. The molecule has 2 heterocycles. The van der Waals surface area contributed by atoms with Crippen molar-refractivity contribution in [2.24, 2.45) is 0 Å². The van der Waals surface area contributed by atoms with Gasteiger partial charge in [0.15, 0.2) is 5.13 Å². The van der Waals surface area contributed by atoms with Crippen LogP contribution in [0.5, 0.6) is 0 Å². The van der Waals surface area contributed by atoms with Gasteiger partial charge in [0.05, 0.1) is 16.3 Å². The van der Waals surface area contributed by atoms with Crippen LogP contribution >= 0.6 is 11.3 Å². The summed E-state index contributed by atoms with van der Waals surface area (Å²) in [4.78, 5) is 30.9. The minimum Gasteiger partial charge on any atom is -0.375 e. The first-order valence-electron chi connectivity index (χ1n) is 8.34. The molecule has 0 radical (unpaired) electrons. The average molecular weight is 366 g/mol. The quantitative estimate of drug-likeness (QED) is 0.746. The summed E-state index contributed by atoms with van der Waals surface area (Å²) in [5.41, 5.74) is 8.92. The molecule has 1 aliphatic heterocycles. The first kappa shape index (κ1) is 16.5. The number of benzene rings is 2. The van der Waals surface area contributed by atoms with Crippen molar-refractivity contribution in [1.29, 1.82) is 0 Å². The molecule has 1 saturated heterocycles. The molecule has 0 bridgehead atoms. The second-order valence-corrected chi connectivity index (χ2v) is 7.47. The van der Waals surface area contributed by atoms with E-state index in [2.05, 4.69) is 10.3 Å². The number of para-hydroxylation sites is 1. The predicted molar refractivity (Wildman–Crippen MR) is 103 cm³/mol. The van der Waals surface area contributed by atoms with E-state index in [0.29, 0.717) is 23.7 Å². The second-order valence-electron chi connectivity index (χ2n) is 6.41. The summed E-state index contributed by atoms with van der Waals surface area (Å²) in [6, 6.07) is 12.9. The zero-order chi connectivity index (χ0) is 18.3. The summed E-state index contributed by atoms with van der Waals surface area (Å²) < 4.78 is 0.890. The molecule has 3 N–H and O–H groups in total. The molecule has 1 aliphatic rings. The van der Waals surface area contributed by atoms with E-state index in [4.69, 9.17) is 5.73 Å². The van der Waals surface area contributed by atoms with Gasteiger partial charge in [-0.25, -0.2) is 4.98 Å². The van der Waals surface area contributed by atoms with E-state index in [9.17, 15) is 9.59 Å². The van der Waals surface area contributed by atoms with Gasteiger partial charge in [0, 0.05) is 24.2 Å². The SMILES string of the molecule is Cc1cc(C(=O)N[C@@H]2CC(=O)N(c3ccccc3)C2)cc2sc(N)nc12. The van der Waals surface area contributed by atoms with Crippen LogP contribution in [0.1, 0.15) is 22.3 Å². The fraction of sp³-hybridized carbons (Fsp3) is 0.211. The molecule has 2 aromatic carbocycles. The predicted octanol–water partition coefficient (Wildman–Crippen LogP) is 2.72. The van der Waals surface area contributed by atoms with Crippen LogP contribution in [0.2, 0.25) is 0 Å². The number of thiazole rings is 1. The first-order valence-corrected chi connectivity index (χ1v) is 9.16. The number of amides is 2. The smallest absolute Gasteiger partial charge is 0.251 e. The number of nitrogens with two attached hydrogens (primary N) is 1. The van der Waals surface area contributed by atoms with Gasteiger partial charge in [-0.15, -0.1) is 0 Å². The molecule has 0 saturated carbocycles. The Morgan fingerprint density at radius 1 is 1.31 bits per heavy atom. The van der Waals surface area contributed by atoms with Crippen molar-refractivity contribution in [3.8, 4) is 0 Å². The monoisotopic (exact) mass is 366 g/mol. The van der Waals surface area contributed by atoms with Crippen molar-refractivity contribution in [3.05, 3.63) is 53.6 Å². The summed E-state index contributed by atoms with van der Waals surface area (Å²) in [7, 11) is 0. The maximum atomic E-state index is 12.7. The fourth-order valence-electron chi connectivity index (χ4n) is 3.28. The van der Waals surface area contributed by atoms with E-state index in [1.54, 1.807) is 11.0 Å². The lowest BCUT2D eigenvalue weighted by Gasteiger charge is -2.17. The molecule has 0 spiro atoms. The molecule has 0 unspecified atom stereocenters. The minimum atomic E-state index is -0.210. The number of hydrogen-bond acceptors (Lipinski definition) is 5. The summed E-state index contributed by atoms with van der Waals surface area (Å²) in [5.74, 6) is -0.168. The van der Waals surface area contributed by atoms with Crippen LogP contribution in [-0.4, -0.2) is 29.4 Å². The number of fused-ring (bicyclic) bond motifs is 1. The third kappa shape index (κ3) is 3.01. The molecule has 0 aliphatic carbocycles. The van der Waals surface area contributed by atoms with Crippen LogP contribution in [-0.2, 0) is 4.79 Å². The molecule has 1 atom stereocenters. The highest BCUT2D eigenvalue weighted by Crippen LogP contribution is 2.28. The van der Waals surface area contributed by atoms with Crippen LogP contribution in [0.25, 0.3) is 10.2 Å². The summed E-state index contributed by atoms with van der Waals surface area (Å²) in [5, 5.41) is 3.46. The topological polar surface area (TPSA) is 88.3 Å². The van der Waals surface area contributed by atoms with E-state index in [1.807, 2.05) is 43.3 Å². The minimum absolute atomic E-state index is 0.0170. The third-order valence-electron chi connectivity index (χ3n) is 4.49. The van der Waals surface area contributed by atoms with Gasteiger partial charge >= 0.3 is 0 Å². The van der Waals surface area contributed by atoms with Gasteiger partial charge in [-0.1, -0.05) is 29.5 Å².